The van der Waals surface area contributed by atoms with Crippen LogP contribution in [0.15, 0.2) is 42.5 Å². The molecule has 23 heavy (non-hydrogen) atoms. The van der Waals surface area contributed by atoms with Gasteiger partial charge in [0.05, 0.1) is 13.0 Å². The van der Waals surface area contributed by atoms with Gasteiger partial charge in [-0.2, -0.15) is 0 Å². The molecule has 2 aliphatic heterocycles. The van der Waals surface area contributed by atoms with Crippen LogP contribution < -0.4 is 10.1 Å². The molecule has 0 fully saturated rings. The zero-order chi connectivity index (χ0) is 15.8. The van der Waals surface area contributed by atoms with E-state index in [1.54, 1.807) is 24.3 Å². The van der Waals surface area contributed by atoms with Gasteiger partial charge in [0.15, 0.2) is 5.78 Å². The van der Waals surface area contributed by atoms with Gasteiger partial charge in [-0.3, -0.25) is 9.59 Å². The Balaban J connectivity index is 1.54. The van der Waals surface area contributed by atoms with Crippen molar-refractivity contribution < 1.29 is 14.3 Å². The van der Waals surface area contributed by atoms with Gasteiger partial charge in [-0.25, -0.2) is 0 Å². The molecular weight excluding hydrogens is 290 g/mol. The number of rotatable bonds is 3. The second-order valence-corrected chi connectivity index (χ2v) is 5.76. The molecular formula is C19H15NO3. The smallest absolute Gasteiger partial charge is 0.228 e. The van der Waals surface area contributed by atoms with Crippen LogP contribution in [0.4, 0.5) is 5.69 Å². The van der Waals surface area contributed by atoms with Gasteiger partial charge in [0.1, 0.15) is 5.75 Å². The Morgan fingerprint density at radius 1 is 1.13 bits per heavy atom. The highest BCUT2D eigenvalue weighted by Crippen LogP contribution is 2.27. The summed E-state index contributed by atoms with van der Waals surface area (Å²) in [7, 11) is 0. The maximum Gasteiger partial charge on any atom is 0.228 e. The molecule has 1 amide bonds. The maximum atomic E-state index is 12.3. The van der Waals surface area contributed by atoms with Crippen LogP contribution in [0.25, 0.3) is 6.08 Å². The third-order valence-corrected chi connectivity index (χ3v) is 4.16. The van der Waals surface area contributed by atoms with Crippen molar-refractivity contribution in [3.05, 3.63) is 64.7 Å². The summed E-state index contributed by atoms with van der Waals surface area (Å²) in [5.41, 5.74) is 4.45. The summed E-state index contributed by atoms with van der Waals surface area (Å²) in [6.45, 7) is 0.726. The van der Waals surface area contributed by atoms with Crippen molar-refractivity contribution in [1.29, 1.82) is 0 Å². The standard InChI is InChI=1S/C19H15NO3/c21-17(13-3-4-16-15(10-13)11-19(22)20-16)5-1-12-2-6-18-14(9-12)7-8-23-18/h1-6,9-10H,7-8,11H2,(H,20,22)/b5-1-. The summed E-state index contributed by atoms with van der Waals surface area (Å²) in [6, 6.07) is 11.3. The molecule has 2 heterocycles. The highest BCUT2D eigenvalue weighted by molar-refractivity contribution is 6.08. The fraction of sp³-hybridized carbons (Fsp3) is 0.158. The van der Waals surface area contributed by atoms with E-state index < -0.39 is 0 Å². The Hall–Kier alpha value is -2.88. The molecule has 0 saturated carbocycles. The molecule has 0 radical (unpaired) electrons. The first kappa shape index (κ1) is 13.8. The van der Waals surface area contributed by atoms with Crippen LogP contribution in [0, 0.1) is 0 Å². The van der Waals surface area contributed by atoms with E-state index in [4.69, 9.17) is 4.74 Å². The largest absolute Gasteiger partial charge is 0.493 e. The number of nitrogens with one attached hydrogen (secondary N) is 1. The van der Waals surface area contributed by atoms with Crippen molar-refractivity contribution in [1.82, 2.24) is 0 Å². The molecule has 0 saturated heterocycles. The zero-order valence-corrected chi connectivity index (χ0v) is 12.5. The van der Waals surface area contributed by atoms with Gasteiger partial charge < -0.3 is 10.1 Å². The SMILES string of the molecule is O=C1Cc2cc(C(=O)/C=C\c3ccc4c(c3)CCO4)ccc2N1. The molecule has 2 aromatic rings. The summed E-state index contributed by atoms with van der Waals surface area (Å²) in [4.78, 5) is 23.7. The van der Waals surface area contributed by atoms with Crippen molar-refractivity contribution in [2.75, 3.05) is 11.9 Å². The number of carbonyl (C=O) groups is 2. The van der Waals surface area contributed by atoms with E-state index in [-0.39, 0.29) is 11.7 Å². The van der Waals surface area contributed by atoms with Crippen LogP contribution >= 0.6 is 0 Å². The Bertz CT molecular complexity index is 852. The van der Waals surface area contributed by atoms with E-state index >= 15 is 0 Å². The Morgan fingerprint density at radius 2 is 2.04 bits per heavy atom. The molecule has 4 nitrogen and oxygen atoms in total. The average molecular weight is 305 g/mol. The number of ketones is 1. The van der Waals surface area contributed by atoms with Crippen LogP contribution in [0.1, 0.15) is 27.0 Å². The van der Waals surface area contributed by atoms with Crippen LogP contribution in [0.5, 0.6) is 5.75 Å². The number of ether oxygens (including phenoxy) is 1. The minimum Gasteiger partial charge on any atom is -0.493 e. The van der Waals surface area contributed by atoms with Gasteiger partial charge in [0, 0.05) is 17.7 Å². The van der Waals surface area contributed by atoms with Crippen molar-refractivity contribution in [3.8, 4) is 5.75 Å². The minimum atomic E-state index is -0.0658. The molecule has 4 heteroatoms. The quantitative estimate of drug-likeness (QED) is 0.700. The molecule has 0 atom stereocenters. The molecule has 0 aromatic heterocycles. The normalized spacial score (nSPS) is 15.2. The molecule has 0 unspecified atom stereocenters. The monoisotopic (exact) mass is 305 g/mol. The van der Waals surface area contributed by atoms with Gasteiger partial charge in [0.2, 0.25) is 5.91 Å². The van der Waals surface area contributed by atoms with E-state index in [1.807, 2.05) is 18.2 Å². The topological polar surface area (TPSA) is 55.4 Å². The fourth-order valence-corrected chi connectivity index (χ4v) is 2.96. The van der Waals surface area contributed by atoms with Crippen molar-refractivity contribution in [3.63, 3.8) is 0 Å². The third-order valence-electron chi connectivity index (χ3n) is 4.16. The van der Waals surface area contributed by atoms with Crippen LogP contribution in [-0.4, -0.2) is 18.3 Å². The number of hydrogen-bond donors (Lipinski definition) is 1. The molecule has 0 spiro atoms. The molecule has 2 aromatic carbocycles. The summed E-state index contributed by atoms with van der Waals surface area (Å²) in [5.74, 6) is 0.841. The summed E-state index contributed by atoms with van der Waals surface area (Å²) < 4.78 is 5.48. The second kappa shape index (κ2) is 5.39. The lowest BCUT2D eigenvalue weighted by atomic mass is 10.0. The third kappa shape index (κ3) is 2.63. The van der Waals surface area contributed by atoms with Gasteiger partial charge in [0.25, 0.3) is 0 Å². The van der Waals surface area contributed by atoms with Crippen molar-refractivity contribution >= 4 is 23.5 Å². The second-order valence-electron chi connectivity index (χ2n) is 5.76. The summed E-state index contributed by atoms with van der Waals surface area (Å²) in [6.07, 6.45) is 4.64. The average Bonchev–Trinajstić information content (AvgIpc) is 3.16. The predicted octanol–water partition coefficient (Wildman–Crippen LogP) is 3.01. The molecule has 4 rings (SSSR count). The lowest BCUT2D eigenvalue weighted by molar-refractivity contribution is -0.115. The van der Waals surface area contributed by atoms with Gasteiger partial charge in [-0.05, 0) is 53.1 Å². The number of anilines is 1. The lowest BCUT2D eigenvalue weighted by Crippen LogP contribution is -2.03. The predicted molar refractivity (Wildman–Crippen MR) is 87.8 cm³/mol. The van der Waals surface area contributed by atoms with Crippen LogP contribution in [0.3, 0.4) is 0 Å². The van der Waals surface area contributed by atoms with Crippen LogP contribution in [-0.2, 0) is 17.6 Å². The molecule has 0 aliphatic carbocycles. The molecule has 114 valence electrons. The number of allylic oxidation sites excluding steroid dienone is 1. The first-order valence-electron chi connectivity index (χ1n) is 7.60. The van der Waals surface area contributed by atoms with Gasteiger partial charge >= 0.3 is 0 Å². The number of fused-ring (bicyclic) bond motifs is 2. The van der Waals surface area contributed by atoms with E-state index in [2.05, 4.69) is 11.4 Å². The Labute approximate surface area is 133 Å². The van der Waals surface area contributed by atoms with Gasteiger partial charge in [-0.15, -0.1) is 0 Å². The highest BCUT2D eigenvalue weighted by atomic mass is 16.5. The first-order valence-corrected chi connectivity index (χ1v) is 7.60. The fourth-order valence-electron chi connectivity index (χ4n) is 2.96. The first-order chi connectivity index (χ1) is 11.2. The van der Waals surface area contributed by atoms with E-state index in [9.17, 15) is 9.59 Å². The molecule has 1 N–H and O–H groups in total. The molecule has 2 aliphatic rings. The van der Waals surface area contributed by atoms with E-state index in [0.29, 0.717) is 12.0 Å². The van der Waals surface area contributed by atoms with E-state index in [0.717, 1.165) is 35.6 Å². The lowest BCUT2D eigenvalue weighted by Gasteiger charge is -2.02. The minimum absolute atomic E-state index is 0.0273. The summed E-state index contributed by atoms with van der Waals surface area (Å²) >= 11 is 0. The number of carbonyl (C=O) groups excluding carboxylic acids is 2. The highest BCUT2D eigenvalue weighted by Gasteiger charge is 2.18. The van der Waals surface area contributed by atoms with Crippen LogP contribution in [0.2, 0.25) is 0 Å². The zero-order valence-electron chi connectivity index (χ0n) is 12.5. The molecule has 0 bridgehead atoms. The Kier molecular flexibility index (Phi) is 3.23. The van der Waals surface area contributed by atoms with Gasteiger partial charge in [-0.1, -0.05) is 12.1 Å². The Morgan fingerprint density at radius 3 is 2.96 bits per heavy atom. The number of benzene rings is 2. The summed E-state index contributed by atoms with van der Waals surface area (Å²) in [5, 5.41) is 2.77. The maximum absolute atomic E-state index is 12.3. The number of hydrogen-bond acceptors (Lipinski definition) is 3. The number of amides is 1. The van der Waals surface area contributed by atoms with E-state index in [1.165, 1.54) is 5.56 Å². The van der Waals surface area contributed by atoms with Crippen molar-refractivity contribution in [2.24, 2.45) is 0 Å². The van der Waals surface area contributed by atoms with Crippen molar-refractivity contribution in [2.45, 2.75) is 12.8 Å².